The molecule has 1 saturated heterocycles. The van der Waals surface area contributed by atoms with Crippen molar-refractivity contribution in [2.75, 3.05) is 11.3 Å². The molecule has 2 aromatic rings. The van der Waals surface area contributed by atoms with Gasteiger partial charge in [0.15, 0.2) is 0 Å². The molecule has 28 heavy (non-hydrogen) atoms. The van der Waals surface area contributed by atoms with E-state index in [0.29, 0.717) is 13.0 Å². The summed E-state index contributed by atoms with van der Waals surface area (Å²) in [7, 11) is -3.78. The Morgan fingerprint density at radius 1 is 1.11 bits per heavy atom. The van der Waals surface area contributed by atoms with Crippen molar-refractivity contribution in [2.45, 2.75) is 30.2 Å². The highest BCUT2D eigenvalue weighted by atomic mass is 79.9. The van der Waals surface area contributed by atoms with Crippen LogP contribution in [0.4, 0.5) is 5.69 Å². The quantitative estimate of drug-likeness (QED) is 0.630. The third kappa shape index (κ3) is 5.11. The molecular weight excluding hydrogens is 446 g/mol. The number of sulfonamides is 1. The van der Waals surface area contributed by atoms with Crippen LogP contribution in [0, 0.1) is 0 Å². The highest BCUT2D eigenvalue weighted by Crippen LogP contribution is 2.19. The van der Waals surface area contributed by atoms with E-state index in [1.54, 1.807) is 30.3 Å². The average Bonchev–Trinajstić information content (AvgIpc) is 2.86. The zero-order valence-corrected chi connectivity index (χ0v) is 17.3. The van der Waals surface area contributed by atoms with E-state index in [4.69, 9.17) is 0 Å². The average molecular weight is 466 g/mol. The molecule has 7 nitrogen and oxygen atoms in total. The van der Waals surface area contributed by atoms with Crippen LogP contribution in [0.25, 0.3) is 0 Å². The number of carbonyl (C=O) groups is 2. The van der Waals surface area contributed by atoms with Crippen molar-refractivity contribution in [1.82, 2.24) is 10.6 Å². The number of hydrogen-bond donors (Lipinski definition) is 3. The smallest absolute Gasteiger partial charge is 0.261 e. The maximum atomic E-state index is 12.5. The first kappa shape index (κ1) is 20.3. The SMILES string of the molecule is O=C(NC1CCCCNC1=O)c1cccc(NS(=O)(=O)c2ccc(Br)cc2)c1. The molecule has 1 aliphatic rings. The first-order valence-electron chi connectivity index (χ1n) is 8.82. The molecule has 0 radical (unpaired) electrons. The van der Waals surface area contributed by atoms with Gasteiger partial charge in [0, 0.05) is 22.3 Å². The number of carbonyl (C=O) groups excluding carboxylic acids is 2. The van der Waals surface area contributed by atoms with Crippen molar-refractivity contribution in [3.8, 4) is 0 Å². The second-order valence-corrected chi connectivity index (χ2v) is 9.05. The van der Waals surface area contributed by atoms with Gasteiger partial charge in [-0.05, 0) is 61.7 Å². The molecule has 148 valence electrons. The van der Waals surface area contributed by atoms with Crippen LogP contribution in [0.1, 0.15) is 29.6 Å². The molecule has 3 rings (SSSR count). The van der Waals surface area contributed by atoms with Crippen LogP contribution in [0.5, 0.6) is 0 Å². The van der Waals surface area contributed by atoms with Gasteiger partial charge in [0.25, 0.3) is 15.9 Å². The molecule has 2 amide bonds. The summed E-state index contributed by atoms with van der Waals surface area (Å²) in [5, 5.41) is 5.49. The van der Waals surface area contributed by atoms with Gasteiger partial charge in [-0.1, -0.05) is 22.0 Å². The topological polar surface area (TPSA) is 104 Å². The van der Waals surface area contributed by atoms with E-state index >= 15 is 0 Å². The molecular formula is C19H20BrN3O4S. The second-order valence-electron chi connectivity index (χ2n) is 6.45. The van der Waals surface area contributed by atoms with E-state index < -0.39 is 22.0 Å². The number of halogens is 1. The Hall–Kier alpha value is -2.39. The molecule has 0 saturated carbocycles. The van der Waals surface area contributed by atoms with Gasteiger partial charge >= 0.3 is 0 Å². The summed E-state index contributed by atoms with van der Waals surface area (Å²) in [6.07, 6.45) is 2.30. The summed E-state index contributed by atoms with van der Waals surface area (Å²) < 4.78 is 28.3. The first-order chi connectivity index (χ1) is 13.3. The maximum absolute atomic E-state index is 12.5. The van der Waals surface area contributed by atoms with Crippen LogP contribution >= 0.6 is 15.9 Å². The number of benzene rings is 2. The van der Waals surface area contributed by atoms with Crippen LogP contribution in [0.15, 0.2) is 57.9 Å². The van der Waals surface area contributed by atoms with Gasteiger partial charge in [-0.2, -0.15) is 0 Å². The normalized spacial score (nSPS) is 17.3. The van der Waals surface area contributed by atoms with E-state index in [1.165, 1.54) is 18.2 Å². The van der Waals surface area contributed by atoms with Gasteiger partial charge in [0.1, 0.15) is 6.04 Å². The van der Waals surface area contributed by atoms with Gasteiger partial charge in [-0.15, -0.1) is 0 Å². The van der Waals surface area contributed by atoms with Crippen LogP contribution in [-0.4, -0.2) is 32.8 Å². The minimum atomic E-state index is -3.78. The van der Waals surface area contributed by atoms with Crippen molar-refractivity contribution in [3.05, 3.63) is 58.6 Å². The molecule has 0 aromatic heterocycles. The second kappa shape index (κ2) is 8.74. The number of amides is 2. The van der Waals surface area contributed by atoms with Gasteiger partial charge in [0.05, 0.1) is 4.90 Å². The number of anilines is 1. The Kier molecular flexibility index (Phi) is 6.35. The lowest BCUT2D eigenvalue weighted by atomic mass is 10.1. The van der Waals surface area contributed by atoms with Crippen molar-refractivity contribution in [2.24, 2.45) is 0 Å². The van der Waals surface area contributed by atoms with E-state index in [9.17, 15) is 18.0 Å². The Labute approximate surface area is 172 Å². The van der Waals surface area contributed by atoms with Gasteiger partial charge in [0.2, 0.25) is 5.91 Å². The molecule has 0 bridgehead atoms. The minimum Gasteiger partial charge on any atom is -0.354 e. The summed E-state index contributed by atoms with van der Waals surface area (Å²) >= 11 is 3.27. The third-order valence-electron chi connectivity index (χ3n) is 4.34. The predicted molar refractivity (Wildman–Crippen MR) is 110 cm³/mol. The van der Waals surface area contributed by atoms with Crippen LogP contribution in [0.3, 0.4) is 0 Å². The molecule has 0 aliphatic carbocycles. The first-order valence-corrected chi connectivity index (χ1v) is 11.1. The van der Waals surface area contributed by atoms with Crippen molar-refractivity contribution < 1.29 is 18.0 Å². The van der Waals surface area contributed by atoms with Crippen molar-refractivity contribution in [1.29, 1.82) is 0 Å². The fourth-order valence-electron chi connectivity index (χ4n) is 2.87. The molecule has 9 heteroatoms. The van der Waals surface area contributed by atoms with E-state index in [2.05, 4.69) is 31.3 Å². The highest BCUT2D eigenvalue weighted by molar-refractivity contribution is 9.10. The third-order valence-corrected chi connectivity index (χ3v) is 6.27. The van der Waals surface area contributed by atoms with E-state index in [0.717, 1.165) is 17.3 Å². The molecule has 0 spiro atoms. The van der Waals surface area contributed by atoms with Crippen LogP contribution in [-0.2, 0) is 14.8 Å². The molecule has 3 N–H and O–H groups in total. The summed E-state index contributed by atoms with van der Waals surface area (Å²) in [5.74, 6) is -0.621. The molecule has 1 heterocycles. The van der Waals surface area contributed by atoms with Gasteiger partial charge < -0.3 is 10.6 Å². The fraction of sp³-hybridized carbons (Fsp3) is 0.263. The van der Waals surface area contributed by atoms with Gasteiger partial charge in [-0.25, -0.2) is 8.42 Å². The lowest BCUT2D eigenvalue weighted by Crippen LogP contribution is -2.45. The lowest BCUT2D eigenvalue weighted by Gasteiger charge is -2.15. The zero-order valence-electron chi connectivity index (χ0n) is 14.9. The van der Waals surface area contributed by atoms with Gasteiger partial charge in [-0.3, -0.25) is 14.3 Å². The summed E-state index contributed by atoms with van der Waals surface area (Å²) in [4.78, 5) is 24.6. The summed E-state index contributed by atoms with van der Waals surface area (Å²) in [5.41, 5.74) is 0.536. The van der Waals surface area contributed by atoms with Crippen LogP contribution in [0.2, 0.25) is 0 Å². The Morgan fingerprint density at radius 3 is 2.61 bits per heavy atom. The van der Waals surface area contributed by atoms with E-state index in [-0.39, 0.29) is 22.1 Å². The standard InChI is InChI=1S/C19H20BrN3O4S/c20-14-7-9-16(10-8-14)28(26,27)23-15-5-3-4-13(12-15)18(24)22-17-6-1-2-11-21-19(17)25/h3-5,7-10,12,17,23H,1-2,6,11H2,(H,21,25)(H,22,24). The number of hydrogen-bond acceptors (Lipinski definition) is 4. The minimum absolute atomic E-state index is 0.112. The predicted octanol–water partition coefficient (Wildman–Crippen LogP) is 2.65. The molecule has 1 aliphatic heterocycles. The molecule has 1 atom stereocenters. The van der Waals surface area contributed by atoms with E-state index in [1.807, 2.05) is 0 Å². The van der Waals surface area contributed by atoms with Crippen molar-refractivity contribution >= 4 is 43.5 Å². The molecule has 1 fully saturated rings. The Morgan fingerprint density at radius 2 is 1.86 bits per heavy atom. The fourth-order valence-corrected chi connectivity index (χ4v) is 4.18. The monoisotopic (exact) mass is 465 g/mol. The Balaban J connectivity index is 1.73. The number of nitrogens with one attached hydrogen (secondary N) is 3. The molecule has 1 unspecified atom stereocenters. The summed E-state index contributed by atoms with van der Waals surface area (Å²) in [6, 6.07) is 11.8. The Bertz CT molecular complexity index is 977. The lowest BCUT2D eigenvalue weighted by molar-refractivity contribution is -0.122. The van der Waals surface area contributed by atoms with Crippen molar-refractivity contribution in [3.63, 3.8) is 0 Å². The zero-order chi connectivity index (χ0) is 20.1. The highest BCUT2D eigenvalue weighted by Gasteiger charge is 2.23. The number of rotatable bonds is 5. The van der Waals surface area contributed by atoms with Crippen LogP contribution < -0.4 is 15.4 Å². The summed E-state index contributed by atoms with van der Waals surface area (Å²) in [6.45, 7) is 0.610. The largest absolute Gasteiger partial charge is 0.354 e. The maximum Gasteiger partial charge on any atom is 0.261 e. The molecule has 2 aromatic carbocycles.